The molecule has 0 saturated heterocycles. The van der Waals surface area contributed by atoms with Crippen LogP contribution in [0, 0.1) is 6.92 Å². The van der Waals surface area contributed by atoms with Crippen molar-refractivity contribution in [2.75, 3.05) is 0 Å². The smallest absolute Gasteiger partial charge is 0.268 e. The van der Waals surface area contributed by atoms with E-state index in [9.17, 15) is 4.79 Å². The third kappa shape index (κ3) is 2.72. The van der Waals surface area contributed by atoms with E-state index in [1.165, 1.54) is 21.8 Å². The van der Waals surface area contributed by atoms with Gasteiger partial charge in [0.15, 0.2) is 0 Å². The molecule has 0 aliphatic carbocycles. The Morgan fingerprint density at radius 1 is 1.26 bits per heavy atom. The van der Waals surface area contributed by atoms with Crippen LogP contribution >= 0.6 is 23.1 Å². The third-order valence-electron chi connectivity index (χ3n) is 2.76. The van der Waals surface area contributed by atoms with Gasteiger partial charge in [-0.15, -0.1) is 23.1 Å². The van der Waals surface area contributed by atoms with Gasteiger partial charge in [0.2, 0.25) is 0 Å². The number of aromatic nitrogens is 2. The van der Waals surface area contributed by atoms with Gasteiger partial charge in [0.05, 0.1) is 11.3 Å². The minimum absolute atomic E-state index is 0.0421. The van der Waals surface area contributed by atoms with Crippen molar-refractivity contribution in [3.05, 3.63) is 57.5 Å². The summed E-state index contributed by atoms with van der Waals surface area (Å²) >= 11 is 3.10. The van der Waals surface area contributed by atoms with Crippen molar-refractivity contribution in [3.63, 3.8) is 0 Å². The number of H-pyrrole nitrogens is 1. The van der Waals surface area contributed by atoms with E-state index in [2.05, 4.69) is 41.2 Å². The van der Waals surface area contributed by atoms with Gasteiger partial charge in [0.1, 0.15) is 10.5 Å². The molecule has 1 N–H and O–H groups in total. The Labute approximate surface area is 118 Å². The van der Waals surface area contributed by atoms with Gasteiger partial charge in [-0.25, -0.2) is 4.98 Å². The van der Waals surface area contributed by atoms with Crippen molar-refractivity contribution >= 4 is 33.3 Å². The maximum Gasteiger partial charge on any atom is 0.268 e. The first kappa shape index (κ1) is 12.4. The fourth-order valence-corrected chi connectivity index (χ4v) is 3.27. The highest BCUT2D eigenvalue weighted by Crippen LogP contribution is 2.22. The van der Waals surface area contributed by atoms with Crippen LogP contribution in [0.2, 0.25) is 0 Å². The molecule has 0 saturated carbocycles. The number of nitrogens with one attached hydrogen (secondary N) is 1. The predicted molar refractivity (Wildman–Crippen MR) is 81.0 cm³/mol. The summed E-state index contributed by atoms with van der Waals surface area (Å²) in [5, 5.41) is 1.89. The molecule has 0 radical (unpaired) electrons. The molecule has 5 heteroatoms. The number of aromatic amines is 1. The molecular formula is C14H12N2OS2. The minimum atomic E-state index is -0.0421. The molecule has 3 aromatic rings. The van der Waals surface area contributed by atoms with Gasteiger partial charge in [0, 0.05) is 4.90 Å². The molecule has 0 fully saturated rings. The second-order valence-electron chi connectivity index (χ2n) is 4.25. The van der Waals surface area contributed by atoms with Crippen LogP contribution in [0.15, 0.2) is 45.4 Å². The van der Waals surface area contributed by atoms with E-state index in [1.807, 2.05) is 11.4 Å². The van der Waals surface area contributed by atoms with E-state index in [-0.39, 0.29) is 5.56 Å². The number of thioether (sulfide) groups is 1. The van der Waals surface area contributed by atoms with E-state index in [1.54, 1.807) is 11.8 Å². The van der Waals surface area contributed by atoms with Crippen molar-refractivity contribution in [2.24, 2.45) is 0 Å². The van der Waals surface area contributed by atoms with E-state index >= 15 is 0 Å². The number of hydrogen-bond acceptors (Lipinski definition) is 4. The molecule has 0 aliphatic rings. The topological polar surface area (TPSA) is 45.8 Å². The standard InChI is InChI=1S/C14H12N2OS2/c1-9-2-4-10(5-3-9)19-8-12-15-11-6-7-18-13(11)14(17)16-12/h2-7H,8H2,1H3,(H,15,16,17). The highest BCUT2D eigenvalue weighted by molar-refractivity contribution is 7.98. The SMILES string of the molecule is Cc1ccc(SCc2nc3ccsc3c(=O)[nH]2)cc1. The predicted octanol–water partition coefficient (Wildman–Crippen LogP) is 3.59. The summed E-state index contributed by atoms with van der Waals surface area (Å²) in [5.41, 5.74) is 1.99. The number of hydrogen-bond donors (Lipinski definition) is 1. The van der Waals surface area contributed by atoms with Crippen LogP contribution in [0.4, 0.5) is 0 Å². The van der Waals surface area contributed by atoms with Crippen molar-refractivity contribution in [1.82, 2.24) is 9.97 Å². The van der Waals surface area contributed by atoms with Crippen molar-refractivity contribution in [2.45, 2.75) is 17.6 Å². The normalized spacial score (nSPS) is 11.0. The summed E-state index contributed by atoms with van der Waals surface area (Å²) < 4.78 is 0.698. The van der Waals surface area contributed by atoms with Crippen LogP contribution in [-0.2, 0) is 5.75 Å². The highest BCUT2D eigenvalue weighted by atomic mass is 32.2. The zero-order chi connectivity index (χ0) is 13.2. The first-order valence-electron chi connectivity index (χ1n) is 5.88. The molecule has 3 nitrogen and oxygen atoms in total. The quantitative estimate of drug-likeness (QED) is 0.749. The van der Waals surface area contributed by atoms with E-state index in [0.717, 1.165) is 11.3 Å². The van der Waals surface area contributed by atoms with Gasteiger partial charge in [-0.05, 0) is 30.5 Å². The Balaban J connectivity index is 1.81. The maximum atomic E-state index is 11.8. The summed E-state index contributed by atoms with van der Waals surface area (Å²) in [6, 6.07) is 10.2. The molecule has 0 unspecified atom stereocenters. The molecule has 0 aliphatic heterocycles. The van der Waals surface area contributed by atoms with Crippen LogP contribution in [0.3, 0.4) is 0 Å². The lowest BCUT2D eigenvalue weighted by Gasteiger charge is -2.02. The monoisotopic (exact) mass is 288 g/mol. The Bertz CT molecular complexity index is 759. The van der Waals surface area contributed by atoms with Crippen LogP contribution in [0.25, 0.3) is 10.2 Å². The maximum absolute atomic E-state index is 11.8. The van der Waals surface area contributed by atoms with Crippen molar-refractivity contribution < 1.29 is 0 Å². The Kier molecular flexibility index (Phi) is 3.40. The lowest BCUT2D eigenvalue weighted by Crippen LogP contribution is -2.09. The number of rotatable bonds is 3. The average molecular weight is 288 g/mol. The van der Waals surface area contributed by atoms with E-state index in [0.29, 0.717) is 10.5 Å². The Morgan fingerprint density at radius 2 is 2.05 bits per heavy atom. The largest absolute Gasteiger partial charge is 0.309 e. The first-order chi connectivity index (χ1) is 9.22. The molecule has 96 valence electrons. The highest BCUT2D eigenvalue weighted by Gasteiger charge is 2.05. The minimum Gasteiger partial charge on any atom is -0.309 e. The molecule has 0 amide bonds. The molecule has 2 aromatic heterocycles. The number of benzene rings is 1. The van der Waals surface area contributed by atoms with Gasteiger partial charge in [0.25, 0.3) is 5.56 Å². The molecule has 19 heavy (non-hydrogen) atoms. The lowest BCUT2D eigenvalue weighted by atomic mass is 10.2. The van der Waals surface area contributed by atoms with Gasteiger partial charge in [-0.1, -0.05) is 17.7 Å². The Hall–Kier alpha value is -1.59. The van der Waals surface area contributed by atoms with Gasteiger partial charge < -0.3 is 4.98 Å². The molecule has 0 atom stereocenters. The molecule has 0 spiro atoms. The van der Waals surface area contributed by atoms with Crippen LogP contribution in [0.1, 0.15) is 11.4 Å². The number of fused-ring (bicyclic) bond motifs is 1. The first-order valence-corrected chi connectivity index (χ1v) is 7.75. The van der Waals surface area contributed by atoms with Gasteiger partial charge in [-0.3, -0.25) is 4.79 Å². The second kappa shape index (κ2) is 5.19. The zero-order valence-electron chi connectivity index (χ0n) is 10.3. The van der Waals surface area contributed by atoms with Crippen LogP contribution in [0.5, 0.6) is 0 Å². The average Bonchev–Trinajstić information content (AvgIpc) is 2.87. The van der Waals surface area contributed by atoms with Gasteiger partial charge in [-0.2, -0.15) is 0 Å². The summed E-state index contributed by atoms with van der Waals surface area (Å²) in [4.78, 5) is 20.3. The van der Waals surface area contributed by atoms with E-state index in [4.69, 9.17) is 0 Å². The van der Waals surface area contributed by atoms with Crippen molar-refractivity contribution in [3.8, 4) is 0 Å². The number of nitrogens with zero attached hydrogens (tertiary/aromatic N) is 1. The summed E-state index contributed by atoms with van der Waals surface area (Å²) in [7, 11) is 0. The van der Waals surface area contributed by atoms with Crippen LogP contribution < -0.4 is 5.56 Å². The molecule has 1 aromatic carbocycles. The lowest BCUT2D eigenvalue weighted by molar-refractivity contribution is 1.04. The number of thiophene rings is 1. The molecule has 0 bridgehead atoms. The fourth-order valence-electron chi connectivity index (χ4n) is 1.78. The Morgan fingerprint density at radius 3 is 2.84 bits per heavy atom. The summed E-state index contributed by atoms with van der Waals surface area (Å²) in [5.74, 6) is 1.39. The molecular weight excluding hydrogens is 276 g/mol. The molecule has 2 heterocycles. The summed E-state index contributed by atoms with van der Waals surface area (Å²) in [6.45, 7) is 2.07. The van der Waals surface area contributed by atoms with Crippen LogP contribution in [-0.4, -0.2) is 9.97 Å². The second-order valence-corrected chi connectivity index (χ2v) is 6.21. The zero-order valence-corrected chi connectivity index (χ0v) is 12.0. The molecule has 3 rings (SSSR count). The summed E-state index contributed by atoms with van der Waals surface area (Å²) in [6.07, 6.45) is 0. The van der Waals surface area contributed by atoms with Crippen molar-refractivity contribution in [1.29, 1.82) is 0 Å². The third-order valence-corrected chi connectivity index (χ3v) is 4.69. The van der Waals surface area contributed by atoms with Gasteiger partial charge >= 0.3 is 0 Å². The fraction of sp³-hybridized carbons (Fsp3) is 0.143. The number of aryl methyl sites for hydroxylation is 1. The van der Waals surface area contributed by atoms with E-state index < -0.39 is 0 Å².